The number of carbonyl (C=O) groups excluding carboxylic acids is 10. The number of nitrogens with one attached hydrogen (secondary N) is 5. The molecule has 6 N–H and O–H groups in total. The molecule has 78 heavy (non-hydrogen) atoms. The molecule has 6 unspecified atom stereocenters. The molecular formula is C56H85N11O11. The molecule has 430 valence electrons. The van der Waals surface area contributed by atoms with Gasteiger partial charge in [-0.05, 0) is 62.0 Å². The number of carbonyl (C=O) groups is 10. The van der Waals surface area contributed by atoms with E-state index in [4.69, 9.17) is 0 Å². The van der Waals surface area contributed by atoms with Gasteiger partial charge in [0.25, 0.3) is 5.91 Å². The molecule has 9 atom stereocenters. The van der Waals surface area contributed by atoms with E-state index in [2.05, 4.69) is 26.7 Å². The number of likely N-dealkylation sites (N-methyl/N-ethyl adjacent to an activating group) is 5. The molecule has 0 aromatic heterocycles. The quantitative estimate of drug-likeness (QED) is 0.200. The molecule has 0 radical (unpaired) electrons. The van der Waals surface area contributed by atoms with E-state index in [1.807, 2.05) is 13.8 Å². The summed E-state index contributed by atoms with van der Waals surface area (Å²) < 4.78 is 0. The summed E-state index contributed by atoms with van der Waals surface area (Å²) in [6.07, 6.45) is 0.427. The zero-order valence-corrected chi connectivity index (χ0v) is 47.8. The Balaban J connectivity index is 1.82. The first-order chi connectivity index (χ1) is 36.7. The molecule has 0 aliphatic carbocycles. The third-order valence-corrected chi connectivity index (χ3v) is 14.8. The Morgan fingerprint density at radius 3 is 1.59 bits per heavy atom. The molecule has 2 fully saturated rings. The zero-order chi connectivity index (χ0) is 58.3. The maximum atomic E-state index is 14.9. The SMILES string of the molecule is CC(C)C[C@H]1NC(=O)C(Cc2ccccc2)N(C)C(=O)C(C)NC(=O)C(C(C)C)N(C)C(=O)CCNC(=O)C(C)N(C)C(=O)C(C(C)C)NC(=O)[C@@H](Cc2ccccc2)N(C)C(=O)[C@H]2CCCNN2C(=O)C(CO)N(C)C1=O. The molecule has 4 rings (SSSR count). The van der Waals surface area contributed by atoms with Gasteiger partial charge < -0.3 is 50.9 Å². The average Bonchev–Trinajstić information content (AvgIpc) is 3.43. The van der Waals surface area contributed by atoms with Gasteiger partial charge in [-0.25, -0.2) is 5.43 Å². The van der Waals surface area contributed by atoms with Crippen molar-refractivity contribution < 1.29 is 53.1 Å². The number of fused-ring (bicyclic) bond motifs is 1. The standard InChI is InChI=1S/C56H85N11O11/c1-33(2)29-40-53(75)65(12)44(32-68)55(77)67-41(25-20-27-58-67)54(76)64(11)43(31-39-23-18-15-19-24-39)50(72)61-46(34(3)4)56(78)62(9)37(8)48(70)57-28-26-45(69)66(13)47(35(5)6)51(73)59-36(7)52(74)63(10)42(49(71)60-40)30-38-21-16-14-17-22-38/h14-19,21-24,33-37,40-44,46-47,58,68H,20,25-32H2,1-13H3,(H,57,70)(H,59,73)(H,60,71)(H,61,72)/t36?,37?,40-,41-,42?,43-,44?,46?,47?/m1/s1. The van der Waals surface area contributed by atoms with Crippen LogP contribution in [0.1, 0.15) is 92.2 Å². The number of nitrogens with zero attached hydrogens (tertiary/aromatic N) is 6. The molecular weight excluding hydrogens is 1000 g/mol. The van der Waals surface area contributed by atoms with E-state index in [9.17, 15) is 53.1 Å². The van der Waals surface area contributed by atoms with Crippen LogP contribution in [0.2, 0.25) is 0 Å². The summed E-state index contributed by atoms with van der Waals surface area (Å²) in [7, 11) is 7.01. The molecule has 2 aromatic carbocycles. The summed E-state index contributed by atoms with van der Waals surface area (Å²) in [5.74, 6) is -7.77. The van der Waals surface area contributed by atoms with Gasteiger partial charge >= 0.3 is 0 Å². The third kappa shape index (κ3) is 16.3. The molecule has 22 heteroatoms. The highest BCUT2D eigenvalue weighted by molar-refractivity contribution is 5.99. The van der Waals surface area contributed by atoms with E-state index in [1.54, 1.807) is 88.4 Å². The molecule has 2 aromatic rings. The van der Waals surface area contributed by atoms with Crippen LogP contribution in [0.5, 0.6) is 0 Å². The largest absolute Gasteiger partial charge is 0.394 e. The summed E-state index contributed by atoms with van der Waals surface area (Å²) in [6, 6.07) is 6.73. The van der Waals surface area contributed by atoms with Gasteiger partial charge in [-0.1, -0.05) is 102 Å². The number of hydrogen-bond acceptors (Lipinski definition) is 12. The highest BCUT2D eigenvalue weighted by Gasteiger charge is 2.44. The summed E-state index contributed by atoms with van der Waals surface area (Å²) in [6.45, 7) is 12.7. The number of hydrogen-bond donors (Lipinski definition) is 6. The van der Waals surface area contributed by atoms with Gasteiger partial charge in [0.2, 0.25) is 53.2 Å². The van der Waals surface area contributed by atoms with Gasteiger partial charge in [0, 0.05) is 67.6 Å². The van der Waals surface area contributed by atoms with Gasteiger partial charge in [-0.3, -0.25) is 53.0 Å². The first kappa shape index (κ1) is 63.6. The van der Waals surface area contributed by atoms with Crippen LogP contribution in [-0.4, -0.2) is 203 Å². The lowest BCUT2D eigenvalue weighted by Gasteiger charge is -2.41. The monoisotopic (exact) mass is 1090 g/mol. The van der Waals surface area contributed by atoms with Crippen molar-refractivity contribution in [1.82, 2.24) is 56.2 Å². The fourth-order valence-electron chi connectivity index (χ4n) is 9.83. The Morgan fingerprint density at radius 2 is 1.08 bits per heavy atom. The van der Waals surface area contributed by atoms with Crippen LogP contribution in [-0.2, 0) is 60.8 Å². The van der Waals surface area contributed by atoms with Crippen molar-refractivity contribution in [2.75, 3.05) is 54.9 Å². The predicted molar refractivity (Wildman–Crippen MR) is 292 cm³/mol. The third-order valence-electron chi connectivity index (χ3n) is 14.8. The van der Waals surface area contributed by atoms with Gasteiger partial charge in [0.05, 0.1) is 6.61 Å². The number of benzene rings is 2. The first-order valence-electron chi connectivity index (χ1n) is 27.0. The molecule has 2 heterocycles. The highest BCUT2D eigenvalue weighted by Crippen LogP contribution is 2.22. The van der Waals surface area contributed by atoms with E-state index in [-0.39, 0.29) is 51.1 Å². The normalized spacial score (nSPS) is 26.4. The minimum absolute atomic E-state index is 0.00179. The molecule has 2 aliphatic rings. The van der Waals surface area contributed by atoms with E-state index >= 15 is 0 Å². The zero-order valence-electron chi connectivity index (χ0n) is 47.8. The van der Waals surface area contributed by atoms with E-state index in [1.165, 1.54) is 68.7 Å². The van der Waals surface area contributed by atoms with Gasteiger partial charge in [0.15, 0.2) is 0 Å². The van der Waals surface area contributed by atoms with Crippen LogP contribution in [0.4, 0.5) is 0 Å². The van der Waals surface area contributed by atoms with Gasteiger partial charge in [0.1, 0.15) is 54.4 Å². The number of aliphatic hydroxyl groups excluding tert-OH is 1. The van der Waals surface area contributed by atoms with Crippen molar-refractivity contribution in [2.45, 2.75) is 148 Å². The van der Waals surface area contributed by atoms with Crippen LogP contribution in [0.3, 0.4) is 0 Å². The van der Waals surface area contributed by atoms with E-state index < -0.39 is 132 Å². The fourth-order valence-corrected chi connectivity index (χ4v) is 9.83. The smallest absolute Gasteiger partial charge is 0.262 e. The van der Waals surface area contributed by atoms with E-state index in [0.29, 0.717) is 17.5 Å². The first-order valence-corrected chi connectivity index (χ1v) is 27.0. The predicted octanol–water partition coefficient (Wildman–Crippen LogP) is 0.467. The Bertz CT molecular complexity index is 2430. The molecule has 0 spiro atoms. The Kier molecular flexibility index (Phi) is 23.8. The van der Waals surface area contributed by atoms with Crippen LogP contribution in [0.25, 0.3) is 0 Å². The van der Waals surface area contributed by atoms with Crippen molar-refractivity contribution in [3.8, 4) is 0 Å². The lowest BCUT2D eigenvalue weighted by molar-refractivity contribution is -0.160. The second-order valence-electron chi connectivity index (χ2n) is 21.7. The fraction of sp³-hybridized carbons (Fsp3) is 0.607. The maximum absolute atomic E-state index is 14.9. The number of aliphatic hydroxyl groups is 1. The van der Waals surface area contributed by atoms with Crippen LogP contribution < -0.4 is 26.7 Å². The number of rotatable bonds is 9. The topological polar surface area (TPSA) is 271 Å². The lowest BCUT2D eigenvalue weighted by Crippen LogP contribution is -2.66. The van der Waals surface area contributed by atoms with Gasteiger partial charge in [-0.15, -0.1) is 0 Å². The minimum Gasteiger partial charge on any atom is -0.394 e. The maximum Gasteiger partial charge on any atom is 0.262 e. The Hall–Kier alpha value is -6.94. The molecule has 0 saturated carbocycles. The molecule has 2 saturated heterocycles. The highest BCUT2D eigenvalue weighted by atomic mass is 16.3. The minimum atomic E-state index is -1.57. The molecule has 10 amide bonds. The van der Waals surface area contributed by atoms with Crippen molar-refractivity contribution in [3.63, 3.8) is 0 Å². The summed E-state index contributed by atoms with van der Waals surface area (Å²) in [4.78, 5) is 149. The molecule has 0 bridgehead atoms. The van der Waals surface area contributed by atoms with Crippen molar-refractivity contribution in [3.05, 3.63) is 71.8 Å². The Labute approximate surface area is 459 Å². The van der Waals surface area contributed by atoms with Crippen molar-refractivity contribution in [2.24, 2.45) is 17.8 Å². The summed E-state index contributed by atoms with van der Waals surface area (Å²) >= 11 is 0. The van der Waals surface area contributed by atoms with Crippen molar-refractivity contribution >= 4 is 59.1 Å². The number of hydrazine groups is 1. The van der Waals surface area contributed by atoms with Crippen LogP contribution in [0, 0.1) is 17.8 Å². The summed E-state index contributed by atoms with van der Waals surface area (Å²) in [5.41, 5.74) is 4.35. The number of amides is 10. The average molecular weight is 1090 g/mol. The van der Waals surface area contributed by atoms with Crippen LogP contribution >= 0.6 is 0 Å². The Morgan fingerprint density at radius 1 is 0.551 bits per heavy atom. The van der Waals surface area contributed by atoms with Gasteiger partial charge in [-0.2, -0.15) is 0 Å². The second kappa shape index (κ2) is 29.2. The van der Waals surface area contributed by atoms with E-state index in [0.717, 1.165) is 9.91 Å². The second-order valence-corrected chi connectivity index (χ2v) is 21.7. The van der Waals surface area contributed by atoms with Crippen molar-refractivity contribution in [1.29, 1.82) is 0 Å². The molecule has 2 aliphatic heterocycles. The molecule has 22 nitrogen and oxygen atoms in total. The van der Waals surface area contributed by atoms with Crippen LogP contribution in [0.15, 0.2) is 60.7 Å². The lowest BCUT2D eigenvalue weighted by atomic mass is 9.98. The summed E-state index contributed by atoms with van der Waals surface area (Å²) in [5, 5.41) is 23.1.